The normalized spacial score (nSPS) is 27.6. The van der Waals surface area contributed by atoms with Crippen molar-refractivity contribution in [2.24, 2.45) is 16.9 Å². The second-order valence-corrected chi connectivity index (χ2v) is 6.77. The van der Waals surface area contributed by atoms with Gasteiger partial charge < -0.3 is 21.1 Å². The number of nitrogens with zero attached hydrogens (tertiary/aromatic N) is 2. The topological polar surface area (TPSA) is 140 Å². The van der Waals surface area contributed by atoms with E-state index < -0.39 is 47.0 Å². The van der Waals surface area contributed by atoms with E-state index in [9.17, 15) is 24.0 Å². The Labute approximate surface area is 166 Å². The van der Waals surface area contributed by atoms with Crippen molar-refractivity contribution in [2.45, 2.75) is 24.9 Å². The Morgan fingerprint density at radius 3 is 2.62 bits per heavy atom. The summed E-state index contributed by atoms with van der Waals surface area (Å²) in [5.41, 5.74) is 9.41. The molecule has 0 unspecified atom stereocenters. The Hall–Kier alpha value is -3.67. The fourth-order valence-electron chi connectivity index (χ4n) is 4.09. The van der Waals surface area contributed by atoms with Gasteiger partial charge in [0.15, 0.2) is 5.41 Å². The van der Waals surface area contributed by atoms with Gasteiger partial charge >= 0.3 is 5.97 Å². The van der Waals surface area contributed by atoms with Crippen molar-refractivity contribution in [3.63, 3.8) is 0 Å². The lowest BCUT2D eigenvalue weighted by atomic mass is 9.68. The minimum absolute atomic E-state index is 0.0437. The Balaban J connectivity index is 2.29. The lowest BCUT2D eigenvalue weighted by Crippen LogP contribution is -2.48. The Bertz CT molecular complexity index is 983. The fourth-order valence-corrected chi connectivity index (χ4v) is 4.09. The van der Waals surface area contributed by atoms with Crippen LogP contribution in [-0.2, 0) is 19.1 Å². The molecule has 2 aliphatic rings. The first-order valence-corrected chi connectivity index (χ1v) is 8.88. The van der Waals surface area contributed by atoms with Gasteiger partial charge in [-0.05, 0) is 30.7 Å². The van der Waals surface area contributed by atoms with Crippen LogP contribution in [0.5, 0.6) is 0 Å². The number of rotatable bonds is 5. The van der Waals surface area contributed by atoms with E-state index >= 15 is 0 Å². The molecule has 0 aromatic heterocycles. The van der Waals surface area contributed by atoms with Gasteiger partial charge in [0, 0.05) is 12.1 Å². The SMILES string of the molecule is CCOC(=O)[C@@H]1[C@H](c2cccc(F)c2)[C@@](C#N)(C(N)=O)[C@@H]2C=CC(C(N)=O)=CN12. The van der Waals surface area contributed by atoms with Crippen LogP contribution in [0.3, 0.4) is 0 Å². The molecule has 1 fully saturated rings. The van der Waals surface area contributed by atoms with Crippen LogP contribution < -0.4 is 11.5 Å². The van der Waals surface area contributed by atoms with Gasteiger partial charge in [-0.25, -0.2) is 9.18 Å². The van der Waals surface area contributed by atoms with Crippen molar-refractivity contribution in [3.8, 4) is 6.07 Å². The highest BCUT2D eigenvalue weighted by atomic mass is 19.1. The lowest BCUT2D eigenvalue weighted by molar-refractivity contribution is -0.148. The summed E-state index contributed by atoms with van der Waals surface area (Å²) in [6, 6.07) is 5.06. The summed E-state index contributed by atoms with van der Waals surface area (Å²) in [6.07, 6.45) is 4.11. The summed E-state index contributed by atoms with van der Waals surface area (Å²) in [4.78, 5) is 38.5. The zero-order valence-electron chi connectivity index (χ0n) is 15.5. The number of primary amides is 2. The fraction of sp³-hybridized carbons (Fsp3) is 0.300. The number of benzene rings is 1. The van der Waals surface area contributed by atoms with Crippen LogP contribution in [0, 0.1) is 22.6 Å². The number of esters is 1. The molecule has 8 nitrogen and oxygen atoms in total. The quantitative estimate of drug-likeness (QED) is 0.691. The standard InChI is InChI=1S/C20H19FN4O4/c1-2-29-18(27)16-15(11-4-3-5-13(21)8-11)20(10-22,19(24)28)14-7-6-12(17(23)26)9-25(14)16/h3-9,14-16H,2H2,1H3,(H2,23,26)(H2,24,28)/t14-,15-,16-,20-/m0/s1. The molecule has 2 heterocycles. The first-order valence-electron chi connectivity index (χ1n) is 8.88. The van der Waals surface area contributed by atoms with Gasteiger partial charge in [-0.2, -0.15) is 5.26 Å². The average molecular weight is 398 g/mol. The predicted octanol–water partition coefficient (Wildman–Crippen LogP) is 0.459. The summed E-state index contributed by atoms with van der Waals surface area (Å²) in [5, 5.41) is 10.1. The molecule has 0 spiro atoms. The maximum absolute atomic E-state index is 14.0. The van der Waals surface area contributed by atoms with Crippen LogP contribution >= 0.6 is 0 Å². The Morgan fingerprint density at radius 2 is 2.07 bits per heavy atom. The number of halogens is 1. The van der Waals surface area contributed by atoms with Gasteiger partial charge in [-0.1, -0.05) is 18.2 Å². The maximum Gasteiger partial charge on any atom is 0.329 e. The molecule has 150 valence electrons. The summed E-state index contributed by atoms with van der Waals surface area (Å²) in [7, 11) is 0. The number of amides is 2. The molecule has 0 aliphatic carbocycles. The van der Waals surface area contributed by atoms with E-state index in [0.717, 1.165) is 6.07 Å². The lowest BCUT2D eigenvalue weighted by Gasteiger charge is -2.32. The highest BCUT2D eigenvalue weighted by molar-refractivity contribution is 5.96. The molecule has 0 bridgehead atoms. The highest BCUT2D eigenvalue weighted by Gasteiger charge is 2.65. The Morgan fingerprint density at radius 1 is 1.34 bits per heavy atom. The van der Waals surface area contributed by atoms with E-state index in [0.29, 0.717) is 0 Å². The van der Waals surface area contributed by atoms with Crippen molar-refractivity contribution in [2.75, 3.05) is 6.61 Å². The van der Waals surface area contributed by atoms with Crippen LogP contribution in [0.2, 0.25) is 0 Å². The minimum Gasteiger partial charge on any atom is -0.464 e. The number of ether oxygens (including phenoxy) is 1. The summed E-state index contributed by atoms with van der Waals surface area (Å²) in [5.74, 6) is -4.21. The number of nitriles is 1. The van der Waals surface area contributed by atoms with E-state index in [1.165, 1.54) is 41.5 Å². The third kappa shape index (κ3) is 3.02. The van der Waals surface area contributed by atoms with Gasteiger partial charge in [0.05, 0.1) is 24.3 Å². The predicted molar refractivity (Wildman–Crippen MR) is 98.8 cm³/mol. The third-order valence-corrected chi connectivity index (χ3v) is 5.27. The van der Waals surface area contributed by atoms with E-state index in [1.54, 1.807) is 6.92 Å². The van der Waals surface area contributed by atoms with Crippen molar-refractivity contribution >= 4 is 17.8 Å². The summed E-state index contributed by atoms with van der Waals surface area (Å²) >= 11 is 0. The van der Waals surface area contributed by atoms with Crippen LogP contribution in [0.25, 0.3) is 0 Å². The highest BCUT2D eigenvalue weighted by Crippen LogP contribution is 2.53. The van der Waals surface area contributed by atoms with E-state index in [2.05, 4.69) is 0 Å². The number of fused-ring (bicyclic) bond motifs is 1. The molecule has 1 aromatic carbocycles. The molecule has 3 rings (SSSR count). The van der Waals surface area contributed by atoms with Gasteiger partial charge in [0.1, 0.15) is 11.9 Å². The summed E-state index contributed by atoms with van der Waals surface area (Å²) < 4.78 is 19.1. The Kier molecular flexibility index (Phi) is 5.12. The smallest absolute Gasteiger partial charge is 0.329 e. The average Bonchev–Trinajstić information content (AvgIpc) is 2.98. The van der Waals surface area contributed by atoms with E-state index in [-0.39, 0.29) is 17.7 Å². The molecule has 2 aliphatic heterocycles. The van der Waals surface area contributed by atoms with Crippen LogP contribution in [-0.4, -0.2) is 41.4 Å². The second-order valence-electron chi connectivity index (χ2n) is 6.77. The van der Waals surface area contributed by atoms with Gasteiger partial charge in [-0.3, -0.25) is 9.59 Å². The molecule has 1 saturated heterocycles. The monoisotopic (exact) mass is 398 g/mol. The van der Waals surface area contributed by atoms with Crippen molar-refractivity contribution in [3.05, 3.63) is 59.6 Å². The van der Waals surface area contributed by atoms with Gasteiger partial charge in [0.2, 0.25) is 11.8 Å². The molecule has 2 amide bonds. The molecular weight excluding hydrogens is 379 g/mol. The zero-order valence-corrected chi connectivity index (χ0v) is 15.5. The van der Waals surface area contributed by atoms with Crippen LogP contribution in [0.1, 0.15) is 18.4 Å². The van der Waals surface area contributed by atoms with Gasteiger partial charge in [-0.15, -0.1) is 0 Å². The maximum atomic E-state index is 14.0. The largest absolute Gasteiger partial charge is 0.464 e. The molecule has 4 atom stereocenters. The second kappa shape index (κ2) is 7.39. The minimum atomic E-state index is -1.92. The molecule has 29 heavy (non-hydrogen) atoms. The van der Waals surface area contributed by atoms with Crippen molar-refractivity contribution in [1.29, 1.82) is 5.26 Å². The number of nitrogens with two attached hydrogens (primary N) is 2. The number of hydrogen-bond donors (Lipinski definition) is 2. The van der Waals surface area contributed by atoms with Crippen LogP contribution in [0.15, 0.2) is 48.2 Å². The third-order valence-electron chi connectivity index (χ3n) is 5.27. The first kappa shape index (κ1) is 20.1. The summed E-state index contributed by atoms with van der Waals surface area (Å²) in [6.45, 7) is 1.65. The van der Waals surface area contributed by atoms with Crippen molar-refractivity contribution in [1.82, 2.24) is 4.90 Å². The van der Waals surface area contributed by atoms with E-state index in [4.69, 9.17) is 16.2 Å². The van der Waals surface area contributed by atoms with Crippen LogP contribution in [0.4, 0.5) is 4.39 Å². The van der Waals surface area contributed by atoms with E-state index in [1.807, 2.05) is 6.07 Å². The molecule has 0 saturated carbocycles. The number of carbonyl (C=O) groups is 3. The molecule has 1 aromatic rings. The molecular formula is C20H19FN4O4. The number of hydrogen-bond acceptors (Lipinski definition) is 6. The zero-order chi connectivity index (χ0) is 21.3. The first-order chi connectivity index (χ1) is 13.8. The van der Waals surface area contributed by atoms with Gasteiger partial charge in [0.25, 0.3) is 0 Å². The van der Waals surface area contributed by atoms with Crippen molar-refractivity contribution < 1.29 is 23.5 Å². The molecule has 9 heteroatoms. The number of carbonyl (C=O) groups excluding carboxylic acids is 3. The molecule has 4 N–H and O–H groups in total. The molecule has 0 radical (unpaired) electrons.